The summed E-state index contributed by atoms with van der Waals surface area (Å²) in [6.07, 6.45) is 5.65. The standard InChI is InChI=1S/C27H28O8/c1-18(35-34-5)24-13-9-20(15-26(24)32-3)8-12-23(29)17-22(28)11-7-19-6-10-21(16-27(30)33-4)25(14-19)31-2/h6-15H,1,16-17H2,2-5H3. The molecular formula is C27H28O8. The highest BCUT2D eigenvalue weighted by atomic mass is 17.2. The lowest BCUT2D eigenvalue weighted by Crippen LogP contribution is -2.06. The molecule has 0 spiro atoms. The van der Waals surface area contributed by atoms with E-state index in [9.17, 15) is 14.4 Å². The number of carbonyl (C=O) groups excluding carboxylic acids is 3. The Bertz CT molecular complexity index is 1140. The molecule has 0 amide bonds. The minimum Gasteiger partial charge on any atom is -0.496 e. The summed E-state index contributed by atoms with van der Waals surface area (Å²) >= 11 is 0. The molecule has 0 saturated heterocycles. The average Bonchev–Trinajstić information content (AvgIpc) is 2.86. The van der Waals surface area contributed by atoms with E-state index in [0.29, 0.717) is 33.8 Å². The summed E-state index contributed by atoms with van der Waals surface area (Å²) in [7, 11) is 5.69. The molecule has 0 unspecified atom stereocenters. The first-order valence-corrected chi connectivity index (χ1v) is 10.5. The third kappa shape index (κ3) is 8.28. The molecule has 0 aliphatic carbocycles. The zero-order chi connectivity index (χ0) is 25.8. The molecule has 0 aliphatic heterocycles. The fourth-order valence-corrected chi connectivity index (χ4v) is 3.09. The van der Waals surface area contributed by atoms with Gasteiger partial charge in [0.2, 0.25) is 0 Å². The maximum Gasteiger partial charge on any atom is 0.310 e. The molecule has 0 aliphatic rings. The van der Waals surface area contributed by atoms with Gasteiger partial charge in [0.25, 0.3) is 0 Å². The molecule has 0 heterocycles. The van der Waals surface area contributed by atoms with E-state index in [-0.39, 0.29) is 36.1 Å². The number of benzene rings is 2. The third-order valence-electron chi connectivity index (χ3n) is 4.86. The monoisotopic (exact) mass is 480 g/mol. The van der Waals surface area contributed by atoms with E-state index in [0.717, 1.165) is 0 Å². The second-order valence-corrected chi connectivity index (χ2v) is 7.23. The van der Waals surface area contributed by atoms with Gasteiger partial charge >= 0.3 is 5.97 Å². The Kier molecular flexibility index (Phi) is 10.5. The van der Waals surface area contributed by atoms with Gasteiger partial charge in [-0.25, -0.2) is 0 Å². The predicted molar refractivity (Wildman–Crippen MR) is 132 cm³/mol. The molecule has 0 N–H and O–H groups in total. The van der Waals surface area contributed by atoms with Crippen LogP contribution in [0.2, 0.25) is 0 Å². The third-order valence-corrected chi connectivity index (χ3v) is 4.86. The van der Waals surface area contributed by atoms with Crippen molar-refractivity contribution in [3.63, 3.8) is 0 Å². The maximum atomic E-state index is 12.2. The molecule has 0 fully saturated rings. The summed E-state index contributed by atoms with van der Waals surface area (Å²) in [4.78, 5) is 45.5. The Morgan fingerprint density at radius 2 is 1.40 bits per heavy atom. The van der Waals surface area contributed by atoms with Crippen molar-refractivity contribution in [2.24, 2.45) is 0 Å². The van der Waals surface area contributed by atoms with Crippen LogP contribution in [-0.2, 0) is 35.3 Å². The molecule has 8 heteroatoms. The summed E-state index contributed by atoms with van der Waals surface area (Å²) in [5.74, 6) is 0.202. The molecule has 0 aromatic heterocycles. The van der Waals surface area contributed by atoms with E-state index in [1.165, 1.54) is 40.6 Å². The van der Waals surface area contributed by atoms with E-state index in [1.54, 1.807) is 48.6 Å². The predicted octanol–water partition coefficient (Wildman–Crippen LogP) is 4.22. The van der Waals surface area contributed by atoms with Crippen molar-refractivity contribution >= 4 is 35.4 Å². The number of ether oxygens (including phenoxy) is 3. The quantitative estimate of drug-likeness (QED) is 0.105. The van der Waals surface area contributed by atoms with E-state index < -0.39 is 0 Å². The Morgan fingerprint density at radius 3 is 1.94 bits per heavy atom. The fourth-order valence-electron chi connectivity index (χ4n) is 3.09. The second kappa shape index (κ2) is 13.5. The molecule has 2 aromatic carbocycles. The van der Waals surface area contributed by atoms with E-state index >= 15 is 0 Å². The molecule has 0 bridgehead atoms. The number of ketones is 2. The van der Waals surface area contributed by atoms with E-state index in [4.69, 9.17) is 14.4 Å². The summed E-state index contributed by atoms with van der Waals surface area (Å²) in [5, 5.41) is 0. The van der Waals surface area contributed by atoms with Crippen molar-refractivity contribution in [1.29, 1.82) is 0 Å². The van der Waals surface area contributed by atoms with Crippen molar-refractivity contribution in [3.05, 3.63) is 77.4 Å². The smallest absolute Gasteiger partial charge is 0.310 e. The van der Waals surface area contributed by atoms with Crippen LogP contribution in [0.1, 0.15) is 28.7 Å². The van der Waals surface area contributed by atoms with Crippen LogP contribution in [0.15, 0.2) is 55.1 Å². The van der Waals surface area contributed by atoms with Crippen molar-refractivity contribution in [2.45, 2.75) is 12.8 Å². The van der Waals surface area contributed by atoms with Crippen LogP contribution in [0.4, 0.5) is 0 Å². The van der Waals surface area contributed by atoms with Gasteiger partial charge in [-0.2, -0.15) is 4.89 Å². The Balaban J connectivity index is 2.00. The van der Waals surface area contributed by atoms with E-state index in [2.05, 4.69) is 16.2 Å². The number of hydrogen-bond acceptors (Lipinski definition) is 8. The van der Waals surface area contributed by atoms with Gasteiger partial charge in [-0.15, -0.1) is 0 Å². The zero-order valence-electron chi connectivity index (χ0n) is 20.2. The number of hydrogen-bond donors (Lipinski definition) is 0. The largest absolute Gasteiger partial charge is 0.496 e. The zero-order valence-corrected chi connectivity index (χ0v) is 20.2. The lowest BCUT2D eigenvalue weighted by Gasteiger charge is -2.10. The van der Waals surface area contributed by atoms with Crippen molar-refractivity contribution < 1.29 is 38.4 Å². The van der Waals surface area contributed by atoms with Gasteiger partial charge in [0.05, 0.1) is 46.8 Å². The van der Waals surface area contributed by atoms with Gasteiger partial charge in [-0.1, -0.05) is 36.9 Å². The molecule has 35 heavy (non-hydrogen) atoms. The minimum absolute atomic E-state index is 0.0771. The normalized spacial score (nSPS) is 10.9. The van der Waals surface area contributed by atoms with Crippen LogP contribution < -0.4 is 9.47 Å². The molecule has 2 aromatic rings. The van der Waals surface area contributed by atoms with Gasteiger partial charge in [0.1, 0.15) is 11.5 Å². The van der Waals surface area contributed by atoms with Crippen LogP contribution in [0.5, 0.6) is 11.5 Å². The number of carbonyl (C=O) groups is 3. The number of rotatable bonds is 13. The van der Waals surface area contributed by atoms with Crippen LogP contribution in [0, 0.1) is 0 Å². The topological polar surface area (TPSA) is 97.4 Å². The lowest BCUT2D eigenvalue weighted by atomic mass is 10.1. The summed E-state index contributed by atoms with van der Waals surface area (Å²) < 4.78 is 15.3. The molecule has 0 saturated carbocycles. The van der Waals surface area contributed by atoms with E-state index in [1.807, 2.05) is 0 Å². The first kappa shape index (κ1) is 27.1. The van der Waals surface area contributed by atoms with Gasteiger partial charge in [0, 0.05) is 5.56 Å². The highest BCUT2D eigenvalue weighted by Gasteiger charge is 2.11. The summed E-state index contributed by atoms with van der Waals surface area (Å²) in [6, 6.07) is 10.4. The highest BCUT2D eigenvalue weighted by Crippen LogP contribution is 2.27. The fraction of sp³-hybridized carbons (Fsp3) is 0.222. The first-order chi connectivity index (χ1) is 16.8. The summed E-state index contributed by atoms with van der Waals surface area (Å²) in [6.45, 7) is 3.76. The maximum absolute atomic E-state index is 12.2. The van der Waals surface area contributed by atoms with Gasteiger partial charge in [-0.3, -0.25) is 14.4 Å². The second-order valence-electron chi connectivity index (χ2n) is 7.23. The first-order valence-electron chi connectivity index (χ1n) is 10.5. The Morgan fingerprint density at radius 1 is 0.829 bits per heavy atom. The molecule has 184 valence electrons. The van der Waals surface area contributed by atoms with Gasteiger partial charge in [-0.05, 0) is 41.5 Å². The van der Waals surface area contributed by atoms with Crippen molar-refractivity contribution in [1.82, 2.24) is 0 Å². The van der Waals surface area contributed by atoms with Crippen LogP contribution in [0.3, 0.4) is 0 Å². The molecular weight excluding hydrogens is 452 g/mol. The number of methoxy groups -OCH3 is 3. The Labute approximate surface area is 204 Å². The SMILES string of the molecule is C=C(OOC)c1ccc(C=CC(=O)CC(=O)C=Cc2ccc(CC(=O)OC)c(OC)c2)cc1OC. The Hall–Kier alpha value is -4.17. The van der Waals surface area contributed by atoms with Crippen molar-refractivity contribution in [3.8, 4) is 11.5 Å². The molecule has 8 nitrogen and oxygen atoms in total. The molecule has 0 atom stereocenters. The molecule has 2 rings (SSSR count). The van der Waals surface area contributed by atoms with Crippen LogP contribution in [-0.4, -0.2) is 46.0 Å². The lowest BCUT2D eigenvalue weighted by molar-refractivity contribution is -0.207. The van der Waals surface area contributed by atoms with Crippen LogP contribution >= 0.6 is 0 Å². The number of allylic oxidation sites excluding steroid dienone is 2. The summed E-state index contributed by atoms with van der Waals surface area (Å²) in [5.41, 5.74) is 2.67. The highest BCUT2D eigenvalue weighted by molar-refractivity contribution is 6.10. The van der Waals surface area contributed by atoms with Crippen molar-refractivity contribution in [2.75, 3.05) is 28.4 Å². The van der Waals surface area contributed by atoms with Crippen LogP contribution in [0.25, 0.3) is 17.9 Å². The van der Waals surface area contributed by atoms with Gasteiger partial charge in [0.15, 0.2) is 17.3 Å². The molecule has 0 radical (unpaired) electrons. The number of esters is 1. The van der Waals surface area contributed by atoms with Gasteiger partial charge < -0.3 is 19.1 Å². The minimum atomic E-state index is -0.381. The average molecular weight is 481 g/mol.